The Balaban J connectivity index is 2.11. The average molecular weight is 252 g/mol. The summed E-state index contributed by atoms with van der Waals surface area (Å²) in [6.07, 6.45) is 3.24. The molecule has 0 unspecified atom stereocenters. The minimum Gasteiger partial charge on any atom is -0.383 e. The predicted octanol–water partition coefficient (Wildman–Crippen LogP) is -0.955. The first-order valence-electron chi connectivity index (χ1n) is 5.16. The SMILES string of the molecule is COCCn1cc(Nc2n[nH]c(=O)[nH]c2=O)cn1. The molecule has 0 saturated heterocycles. The summed E-state index contributed by atoms with van der Waals surface area (Å²) in [7, 11) is 1.60. The summed E-state index contributed by atoms with van der Waals surface area (Å²) in [4.78, 5) is 24.2. The Bertz CT molecular complexity index is 627. The Kier molecular flexibility index (Phi) is 3.53. The van der Waals surface area contributed by atoms with E-state index in [1.54, 1.807) is 24.2 Å². The van der Waals surface area contributed by atoms with Gasteiger partial charge in [-0.2, -0.15) is 5.10 Å². The van der Waals surface area contributed by atoms with Crippen LogP contribution in [0.15, 0.2) is 22.0 Å². The van der Waals surface area contributed by atoms with Crippen LogP contribution in [0.4, 0.5) is 11.5 Å². The van der Waals surface area contributed by atoms with Crippen molar-refractivity contribution in [2.75, 3.05) is 19.0 Å². The molecule has 0 fully saturated rings. The first kappa shape index (κ1) is 12.0. The monoisotopic (exact) mass is 252 g/mol. The van der Waals surface area contributed by atoms with Crippen LogP contribution in [0.2, 0.25) is 0 Å². The molecule has 2 aromatic heterocycles. The van der Waals surface area contributed by atoms with E-state index in [0.717, 1.165) is 0 Å². The van der Waals surface area contributed by atoms with Crippen LogP contribution < -0.4 is 16.6 Å². The van der Waals surface area contributed by atoms with E-state index in [9.17, 15) is 9.59 Å². The van der Waals surface area contributed by atoms with E-state index < -0.39 is 11.2 Å². The van der Waals surface area contributed by atoms with Crippen LogP contribution in [-0.2, 0) is 11.3 Å². The largest absolute Gasteiger partial charge is 0.383 e. The summed E-state index contributed by atoms with van der Waals surface area (Å²) in [6, 6.07) is 0. The first-order valence-corrected chi connectivity index (χ1v) is 5.16. The lowest BCUT2D eigenvalue weighted by atomic mass is 10.5. The number of ether oxygens (including phenoxy) is 1. The van der Waals surface area contributed by atoms with E-state index in [1.165, 1.54) is 0 Å². The van der Waals surface area contributed by atoms with Crippen molar-refractivity contribution in [1.29, 1.82) is 0 Å². The number of anilines is 2. The van der Waals surface area contributed by atoms with Gasteiger partial charge in [-0.25, -0.2) is 9.89 Å². The van der Waals surface area contributed by atoms with E-state index in [-0.39, 0.29) is 5.82 Å². The van der Waals surface area contributed by atoms with E-state index >= 15 is 0 Å². The molecule has 0 amide bonds. The molecular formula is C9H12N6O3. The van der Waals surface area contributed by atoms with E-state index in [1.807, 2.05) is 0 Å². The van der Waals surface area contributed by atoms with Crippen molar-refractivity contribution in [2.24, 2.45) is 0 Å². The topological polar surface area (TPSA) is 118 Å². The minimum atomic E-state index is -0.652. The predicted molar refractivity (Wildman–Crippen MR) is 62.9 cm³/mol. The zero-order valence-corrected chi connectivity index (χ0v) is 9.64. The fourth-order valence-electron chi connectivity index (χ4n) is 1.30. The van der Waals surface area contributed by atoms with Gasteiger partial charge in [-0.15, -0.1) is 5.10 Å². The van der Waals surface area contributed by atoms with Crippen LogP contribution in [0.3, 0.4) is 0 Å². The van der Waals surface area contributed by atoms with Gasteiger partial charge in [0.05, 0.1) is 25.0 Å². The number of aromatic nitrogens is 5. The summed E-state index contributed by atoms with van der Waals surface area (Å²) in [5.74, 6) is 0.000825. The fraction of sp³-hybridized carbons (Fsp3) is 0.333. The third kappa shape index (κ3) is 2.83. The van der Waals surface area contributed by atoms with E-state index in [0.29, 0.717) is 18.8 Å². The van der Waals surface area contributed by atoms with Gasteiger partial charge < -0.3 is 10.1 Å². The molecule has 9 heteroatoms. The molecule has 9 nitrogen and oxygen atoms in total. The van der Waals surface area contributed by atoms with Gasteiger partial charge >= 0.3 is 5.69 Å². The van der Waals surface area contributed by atoms with Gasteiger partial charge in [-0.1, -0.05) is 0 Å². The standard InChI is InChI=1S/C9H12N6O3/c1-18-3-2-15-5-6(4-10-15)11-7-8(16)12-9(17)14-13-7/h4-5H,2-3H2,1H3,(H,11,13)(H2,12,14,16,17). The highest BCUT2D eigenvalue weighted by Gasteiger charge is 2.04. The maximum absolute atomic E-state index is 11.4. The lowest BCUT2D eigenvalue weighted by Crippen LogP contribution is -2.25. The Labute approximate surface area is 101 Å². The molecule has 2 aromatic rings. The molecule has 18 heavy (non-hydrogen) atoms. The van der Waals surface area contributed by atoms with Gasteiger partial charge in [0.1, 0.15) is 0 Å². The summed E-state index contributed by atoms with van der Waals surface area (Å²) < 4.78 is 6.58. The third-order valence-electron chi connectivity index (χ3n) is 2.13. The van der Waals surface area contributed by atoms with Crippen LogP contribution in [0.1, 0.15) is 0 Å². The highest BCUT2D eigenvalue weighted by atomic mass is 16.5. The smallest absolute Gasteiger partial charge is 0.342 e. The van der Waals surface area contributed by atoms with Crippen molar-refractivity contribution >= 4 is 11.5 Å². The molecule has 3 N–H and O–H groups in total. The molecule has 0 aliphatic carbocycles. The van der Waals surface area contributed by atoms with Crippen molar-refractivity contribution < 1.29 is 4.74 Å². The number of nitrogens with zero attached hydrogens (tertiary/aromatic N) is 3. The van der Waals surface area contributed by atoms with Gasteiger partial charge in [0, 0.05) is 13.3 Å². The lowest BCUT2D eigenvalue weighted by Gasteiger charge is -2.00. The fourth-order valence-corrected chi connectivity index (χ4v) is 1.30. The number of aromatic amines is 2. The number of nitrogens with one attached hydrogen (secondary N) is 3. The minimum absolute atomic E-state index is 0.000825. The summed E-state index contributed by atoms with van der Waals surface area (Å²) in [6.45, 7) is 1.15. The quantitative estimate of drug-likeness (QED) is 0.631. The molecule has 2 heterocycles. The zero-order valence-electron chi connectivity index (χ0n) is 9.64. The number of H-pyrrole nitrogens is 2. The van der Waals surface area contributed by atoms with Crippen molar-refractivity contribution in [3.8, 4) is 0 Å². The zero-order chi connectivity index (χ0) is 13.0. The van der Waals surface area contributed by atoms with Crippen LogP contribution in [0.5, 0.6) is 0 Å². The van der Waals surface area contributed by atoms with Crippen LogP contribution >= 0.6 is 0 Å². The number of hydrogen-bond donors (Lipinski definition) is 3. The van der Waals surface area contributed by atoms with Crippen molar-refractivity contribution in [1.82, 2.24) is 25.0 Å². The van der Waals surface area contributed by atoms with Gasteiger partial charge in [0.2, 0.25) is 5.82 Å². The molecule has 0 aliphatic heterocycles. The van der Waals surface area contributed by atoms with Crippen LogP contribution in [0.25, 0.3) is 0 Å². The molecule has 0 radical (unpaired) electrons. The average Bonchev–Trinajstić information content (AvgIpc) is 2.78. The second kappa shape index (κ2) is 5.27. The lowest BCUT2D eigenvalue weighted by molar-refractivity contribution is 0.183. The normalized spacial score (nSPS) is 10.5. The molecule has 0 spiro atoms. The van der Waals surface area contributed by atoms with Gasteiger partial charge in [-0.3, -0.25) is 14.5 Å². The second-order valence-electron chi connectivity index (χ2n) is 3.47. The molecule has 2 rings (SSSR count). The summed E-state index contributed by atoms with van der Waals surface area (Å²) in [5.41, 5.74) is -0.652. The number of hydrogen-bond acceptors (Lipinski definition) is 6. The maximum atomic E-state index is 11.4. The number of rotatable bonds is 5. The van der Waals surface area contributed by atoms with Gasteiger partial charge in [0.25, 0.3) is 5.56 Å². The molecular weight excluding hydrogens is 240 g/mol. The Morgan fingerprint density at radius 3 is 3.06 bits per heavy atom. The third-order valence-corrected chi connectivity index (χ3v) is 2.13. The van der Waals surface area contributed by atoms with Gasteiger partial charge in [-0.05, 0) is 0 Å². The van der Waals surface area contributed by atoms with Crippen molar-refractivity contribution in [3.05, 3.63) is 33.2 Å². The molecule has 96 valence electrons. The highest BCUT2D eigenvalue weighted by molar-refractivity contribution is 5.51. The second-order valence-corrected chi connectivity index (χ2v) is 3.47. The van der Waals surface area contributed by atoms with E-state index in [4.69, 9.17) is 4.74 Å². The van der Waals surface area contributed by atoms with Gasteiger partial charge in [0.15, 0.2) is 0 Å². The first-order chi connectivity index (χ1) is 8.69. The van der Waals surface area contributed by atoms with Crippen molar-refractivity contribution in [2.45, 2.75) is 6.54 Å². The summed E-state index contributed by atoms with van der Waals surface area (Å²) >= 11 is 0. The highest BCUT2D eigenvalue weighted by Crippen LogP contribution is 2.08. The van der Waals surface area contributed by atoms with Crippen LogP contribution in [0, 0.1) is 0 Å². The molecule has 0 atom stereocenters. The van der Waals surface area contributed by atoms with Crippen LogP contribution in [-0.4, -0.2) is 38.7 Å². The Morgan fingerprint density at radius 1 is 1.50 bits per heavy atom. The van der Waals surface area contributed by atoms with Crippen molar-refractivity contribution in [3.63, 3.8) is 0 Å². The molecule has 0 bridgehead atoms. The maximum Gasteiger partial charge on any atom is 0.342 e. The molecule has 0 aromatic carbocycles. The Hall–Kier alpha value is -2.42. The molecule has 0 saturated carbocycles. The van der Waals surface area contributed by atoms with E-state index in [2.05, 4.69) is 25.6 Å². The Morgan fingerprint density at radius 2 is 2.33 bits per heavy atom. The number of methoxy groups -OCH3 is 1. The molecule has 0 aliphatic rings. The summed E-state index contributed by atoms with van der Waals surface area (Å²) in [5, 5.41) is 12.5.